The molecule has 0 radical (unpaired) electrons. The molecule has 2 fully saturated rings. The van der Waals surface area contributed by atoms with Crippen molar-refractivity contribution in [1.29, 1.82) is 0 Å². The lowest BCUT2D eigenvalue weighted by Gasteiger charge is -2.39. The van der Waals surface area contributed by atoms with Crippen LogP contribution in [0.2, 0.25) is 0 Å². The molecule has 1 nitrogen and oxygen atoms in total. The monoisotopic (exact) mass is 237 g/mol. The van der Waals surface area contributed by atoms with Crippen molar-refractivity contribution in [3.8, 4) is 0 Å². The van der Waals surface area contributed by atoms with Gasteiger partial charge in [0, 0.05) is 6.04 Å². The van der Waals surface area contributed by atoms with E-state index in [1.165, 1.54) is 57.9 Å². The van der Waals surface area contributed by atoms with E-state index in [-0.39, 0.29) is 0 Å². The lowest BCUT2D eigenvalue weighted by molar-refractivity contribution is 0.148. The lowest BCUT2D eigenvalue weighted by Crippen LogP contribution is -2.42. The first-order valence-electron chi connectivity index (χ1n) is 7.80. The molecule has 0 bridgehead atoms. The van der Waals surface area contributed by atoms with Crippen molar-refractivity contribution in [1.82, 2.24) is 5.32 Å². The Morgan fingerprint density at radius 3 is 2.47 bits per heavy atom. The van der Waals surface area contributed by atoms with Crippen LogP contribution in [-0.4, -0.2) is 12.6 Å². The highest BCUT2D eigenvalue weighted by Gasteiger charge is 2.31. The second-order valence-corrected chi connectivity index (χ2v) is 7.38. The summed E-state index contributed by atoms with van der Waals surface area (Å²) in [5.41, 5.74) is 0.586. The van der Waals surface area contributed by atoms with Gasteiger partial charge in [-0.2, -0.15) is 0 Å². The minimum absolute atomic E-state index is 0.586. The van der Waals surface area contributed by atoms with Crippen molar-refractivity contribution in [3.05, 3.63) is 0 Å². The Bertz CT molecular complexity index is 228. The van der Waals surface area contributed by atoms with Crippen LogP contribution >= 0.6 is 0 Å². The Balaban J connectivity index is 1.65. The largest absolute Gasteiger partial charge is 0.314 e. The normalized spacial score (nSPS) is 34.1. The smallest absolute Gasteiger partial charge is 0.00930 e. The number of hydrogen-bond acceptors (Lipinski definition) is 1. The van der Waals surface area contributed by atoms with E-state index in [1.54, 1.807) is 0 Å². The summed E-state index contributed by atoms with van der Waals surface area (Å²) in [4.78, 5) is 0. The Morgan fingerprint density at radius 2 is 1.82 bits per heavy atom. The van der Waals surface area contributed by atoms with Crippen molar-refractivity contribution in [2.75, 3.05) is 6.54 Å². The molecule has 17 heavy (non-hydrogen) atoms. The molecule has 0 aromatic carbocycles. The first kappa shape index (κ1) is 13.4. The van der Waals surface area contributed by atoms with E-state index in [4.69, 9.17) is 0 Å². The zero-order valence-electron chi connectivity index (χ0n) is 12.1. The summed E-state index contributed by atoms with van der Waals surface area (Å²) in [5.74, 6) is 1.90. The van der Waals surface area contributed by atoms with Gasteiger partial charge in [-0.25, -0.2) is 0 Å². The van der Waals surface area contributed by atoms with Crippen LogP contribution in [-0.2, 0) is 0 Å². The third-order valence-corrected chi connectivity index (χ3v) is 5.13. The van der Waals surface area contributed by atoms with Crippen LogP contribution in [0.15, 0.2) is 0 Å². The standard InChI is InChI=1S/C16H31N/c1-13-12-16(2,3)10-8-15(13)17-11-9-14-6-4-5-7-14/h13-15,17H,4-12H2,1-3H3. The second kappa shape index (κ2) is 5.73. The van der Waals surface area contributed by atoms with Crippen molar-refractivity contribution >= 4 is 0 Å². The van der Waals surface area contributed by atoms with E-state index in [9.17, 15) is 0 Å². The Kier molecular flexibility index (Phi) is 4.52. The number of hydrogen-bond donors (Lipinski definition) is 1. The molecule has 0 aromatic heterocycles. The van der Waals surface area contributed by atoms with Gasteiger partial charge in [-0.3, -0.25) is 0 Å². The highest BCUT2D eigenvalue weighted by atomic mass is 14.9. The molecule has 2 aliphatic rings. The Hall–Kier alpha value is -0.0400. The van der Waals surface area contributed by atoms with E-state index >= 15 is 0 Å². The molecule has 0 aliphatic heterocycles. The van der Waals surface area contributed by atoms with Gasteiger partial charge >= 0.3 is 0 Å². The maximum atomic E-state index is 3.84. The maximum absolute atomic E-state index is 3.84. The van der Waals surface area contributed by atoms with Crippen molar-refractivity contribution in [2.45, 2.75) is 78.2 Å². The molecule has 2 aliphatic carbocycles. The quantitative estimate of drug-likeness (QED) is 0.765. The fourth-order valence-electron chi connectivity index (χ4n) is 4.02. The zero-order valence-corrected chi connectivity index (χ0v) is 12.1. The SMILES string of the molecule is CC1CC(C)(C)CCC1NCCC1CCCC1. The number of nitrogens with one attached hydrogen (secondary N) is 1. The predicted octanol–water partition coefficient (Wildman–Crippen LogP) is 4.37. The van der Waals surface area contributed by atoms with Crippen LogP contribution in [0, 0.1) is 17.3 Å². The molecule has 2 unspecified atom stereocenters. The summed E-state index contributed by atoms with van der Waals surface area (Å²) < 4.78 is 0. The summed E-state index contributed by atoms with van der Waals surface area (Å²) in [6.07, 6.45) is 11.6. The van der Waals surface area contributed by atoms with Gasteiger partial charge in [0.15, 0.2) is 0 Å². The van der Waals surface area contributed by atoms with Crippen molar-refractivity contribution in [3.63, 3.8) is 0 Å². The topological polar surface area (TPSA) is 12.0 Å². The second-order valence-electron chi connectivity index (χ2n) is 7.38. The lowest BCUT2D eigenvalue weighted by atomic mass is 9.70. The molecule has 100 valence electrons. The van der Waals surface area contributed by atoms with Crippen LogP contribution in [0.1, 0.15) is 72.1 Å². The average molecular weight is 237 g/mol. The predicted molar refractivity (Wildman–Crippen MR) is 75.2 cm³/mol. The molecular weight excluding hydrogens is 206 g/mol. The molecule has 1 N–H and O–H groups in total. The summed E-state index contributed by atoms with van der Waals surface area (Å²) >= 11 is 0. The fourth-order valence-corrected chi connectivity index (χ4v) is 4.02. The van der Waals surface area contributed by atoms with Gasteiger partial charge in [-0.05, 0) is 49.5 Å². The van der Waals surface area contributed by atoms with Gasteiger partial charge < -0.3 is 5.32 Å². The van der Waals surface area contributed by atoms with E-state index in [0.717, 1.165) is 17.9 Å². The summed E-state index contributed by atoms with van der Waals surface area (Å²) in [6.45, 7) is 8.56. The third-order valence-electron chi connectivity index (χ3n) is 5.13. The Labute approximate surface area is 108 Å². The minimum atomic E-state index is 0.586. The molecule has 0 saturated heterocycles. The highest BCUT2D eigenvalue weighted by Crippen LogP contribution is 2.38. The van der Waals surface area contributed by atoms with E-state index < -0.39 is 0 Å². The molecule has 0 heterocycles. The van der Waals surface area contributed by atoms with Crippen LogP contribution in [0.3, 0.4) is 0 Å². The average Bonchev–Trinajstić information content (AvgIpc) is 2.73. The first-order valence-corrected chi connectivity index (χ1v) is 7.80. The molecule has 0 aromatic rings. The molecule has 2 saturated carbocycles. The van der Waals surface area contributed by atoms with Crippen molar-refractivity contribution in [2.24, 2.45) is 17.3 Å². The zero-order chi connectivity index (χ0) is 12.3. The molecular formula is C16H31N. The first-order chi connectivity index (χ1) is 8.07. The van der Waals surface area contributed by atoms with Gasteiger partial charge in [0.1, 0.15) is 0 Å². The maximum Gasteiger partial charge on any atom is 0.00930 e. The van der Waals surface area contributed by atoms with Gasteiger partial charge in [0.25, 0.3) is 0 Å². The van der Waals surface area contributed by atoms with Gasteiger partial charge in [-0.1, -0.05) is 46.5 Å². The van der Waals surface area contributed by atoms with E-state index in [1.807, 2.05) is 0 Å². The molecule has 2 atom stereocenters. The summed E-state index contributed by atoms with van der Waals surface area (Å²) in [7, 11) is 0. The number of rotatable bonds is 4. The Morgan fingerprint density at radius 1 is 1.12 bits per heavy atom. The van der Waals surface area contributed by atoms with Crippen LogP contribution in [0.4, 0.5) is 0 Å². The van der Waals surface area contributed by atoms with Gasteiger partial charge in [0.2, 0.25) is 0 Å². The van der Waals surface area contributed by atoms with Gasteiger partial charge in [-0.15, -0.1) is 0 Å². The molecule has 2 rings (SSSR count). The van der Waals surface area contributed by atoms with Crippen LogP contribution < -0.4 is 5.32 Å². The highest BCUT2D eigenvalue weighted by molar-refractivity contribution is 4.86. The van der Waals surface area contributed by atoms with Crippen LogP contribution in [0.5, 0.6) is 0 Å². The van der Waals surface area contributed by atoms with E-state index in [0.29, 0.717) is 5.41 Å². The molecule has 0 amide bonds. The molecule has 0 spiro atoms. The fraction of sp³-hybridized carbons (Fsp3) is 1.00. The summed E-state index contributed by atoms with van der Waals surface area (Å²) in [6, 6.07) is 0.796. The summed E-state index contributed by atoms with van der Waals surface area (Å²) in [5, 5.41) is 3.84. The van der Waals surface area contributed by atoms with Crippen molar-refractivity contribution < 1.29 is 0 Å². The molecule has 1 heteroatoms. The van der Waals surface area contributed by atoms with Crippen LogP contribution in [0.25, 0.3) is 0 Å². The van der Waals surface area contributed by atoms with E-state index in [2.05, 4.69) is 26.1 Å². The minimum Gasteiger partial charge on any atom is -0.314 e. The van der Waals surface area contributed by atoms with Gasteiger partial charge in [0.05, 0.1) is 0 Å². The third kappa shape index (κ3) is 3.98.